The van der Waals surface area contributed by atoms with E-state index in [1.54, 1.807) is 13.4 Å². The van der Waals surface area contributed by atoms with Crippen LogP contribution >= 0.6 is 0 Å². The van der Waals surface area contributed by atoms with Gasteiger partial charge in [-0.15, -0.1) is 10.2 Å². The molecule has 0 radical (unpaired) electrons. The van der Waals surface area contributed by atoms with E-state index in [0.717, 1.165) is 43.7 Å². The third-order valence-electron chi connectivity index (χ3n) is 4.42. The van der Waals surface area contributed by atoms with Crippen LogP contribution in [0.25, 0.3) is 0 Å². The maximum atomic E-state index is 5.32. The molecule has 0 atom stereocenters. The van der Waals surface area contributed by atoms with Crippen LogP contribution in [0.2, 0.25) is 0 Å². The van der Waals surface area contributed by atoms with Gasteiger partial charge in [0.1, 0.15) is 12.1 Å². The van der Waals surface area contributed by atoms with E-state index in [1.807, 2.05) is 30.8 Å². The third kappa shape index (κ3) is 4.01. The van der Waals surface area contributed by atoms with E-state index < -0.39 is 0 Å². The molecule has 2 aromatic rings. The Bertz CT molecular complexity index is 719. The lowest BCUT2D eigenvalue weighted by Gasteiger charge is -2.37. The summed E-state index contributed by atoms with van der Waals surface area (Å²) < 4.78 is 7.22. The number of ether oxygens (including phenoxy) is 1. The third-order valence-corrected chi connectivity index (χ3v) is 4.42. The Morgan fingerprint density at radius 2 is 2.08 bits per heavy atom. The largest absolute Gasteiger partial charge is 0.497 e. The molecule has 0 unspecified atom stereocenters. The minimum Gasteiger partial charge on any atom is -0.497 e. The second-order valence-corrected chi connectivity index (χ2v) is 5.93. The first-order valence-electron chi connectivity index (χ1n) is 8.38. The van der Waals surface area contributed by atoms with Gasteiger partial charge in [-0.2, -0.15) is 0 Å². The van der Waals surface area contributed by atoms with Crippen LogP contribution in [0, 0.1) is 0 Å². The van der Waals surface area contributed by atoms with Gasteiger partial charge < -0.3 is 24.4 Å². The Morgan fingerprint density at radius 3 is 2.72 bits per heavy atom. The number of aliphatic imine (C=N–C) groups is 1. The number of methoxy groups -OCH3 is 1. The van der Waals surface area contributed by atoms with Crippen LogP contribution in [0.15, 0.2) is 35.6 Å². The van der Waals surface area contributed by atoms with Crippen molar-refractivity contribution in [3.63, 3.8) is 0 Å². The number of benzene rings is 1. The summed E-state index contributed by atoms with van der Waals surface area (Å²) in [7, 11) is 5.45. The second-order valence-electron chi connectivity index (χ2n) is 5.93. The van der Waals surface area contributed by atoms with Crippen LogP contribution in [0.4, 0.5) is 5.69 Å². The standard InChI is InChI=1S/C17H25N7O/c1-18-17(19-12-16-21-20-13-22(16)2)24-9-7-23(8-10-24)14-5-4-6-15(11-14)25-3/h4-6,11,13H,7-10,12H2,1-3H3,(H,18,19). The van der Waals surface area contributed by atoms with E-state index >= 15 is 0 Å². The lowest BCUT2D eigenvalue weighted by molar-refractivity contribution is 0.371. The van der Waals surface area contributed by atoms with Crippen LogP contribution in [-0.2, 0) is 13.6 Å². The first-order valence-corrected chi connectivity index (χ1v) is 8.38. The van der Waals surface area contributed by atoms with Gasteiger partial charge in [-0.05, 0) is 12.1 Å². The molecule has 1 fully saturated rings. The number of aryl methyl sites for hydroxylation is 1. The van der Waals surface area contributed by atoms with Crippen molar-refractivity contribution in [3.05, 3.63) is 36.4 Å². The summed E-state index contributed by atoms with van der Waals surface area (Å²) in [5.74, 6) is 2.67. The zero-order chi connectivity index (χ0) is 17.6. The maximum absolute atomic E-state index is 5.32. The topological polar surface area (TPSA) is 70.8 Å². The number of piperazine rings is 1. The first-order chi connectivity index (χ1) is 12.2. The molecule has 8 nitrogen and oxygen atoms in total. The van der Waals surface area contributed by atoms with Crippen LogP contribution in [0.1, 0.15) is 5.82 Å². The fraction of sp³-hybridized carbons (Fsp3) is 0.471. The molecule has 0 spiro atoms. The predicted molar refractivity (Wildman–Crippen MR) is 98.0 cm³/mol. The fourth-order valence-corrected chi connectivity index (χ4v) is 2.94. The quantitative estimate of drug-likeness (QED) is 0.652. The van der Waals surface area contributed by atoms with E-state index in [-0.39, 0.29) is 0 Å². The minimum atomic E-state index is 0.610. The summed E-state index contributed by atoms with van der Waals surface area (Å²) in [6, 6.07) is 8.20. The van der Waals surface area contributed by atoms with Crippen molar-refractivity contribution in [3.8, 4) is 5.75 Å². The molecule has 8 heteroatoms. The van der Waals surface area contributed by atoms with Gasteiger partial charge in [-0.1, -0.05) is 6.07 Å². The van der Waals surface area contributed by atoms with Crippen molar-refractivity contribution in [2.24, 2.45) is 12.0 Å². The van der Waals surface area contributed by atoms with Crippen LogP contribution in [0.5, 0.6) is 5.75 Å². The van der Waals surface area contributed by atoms with E-state index in [4.69, 9.17) is 4.74 Å². The van der Waals surface area contributed by atoms with Crippen molar-refractivity contribution >= 4 is 11.6 Å². The Labute approximate surface area is 148 Å². The fourth-order valence-electron chi connectivity index (χ4n) is 2.94. The Kier molecular flexibility index (Phi) is 5.37. The molecule has 1 aromatic heterocycles. The first kappa shape index (κ1) is 17.1. The number of hydrogen-bond acceptors (Lipinski definition) is 5. The molecule has 134 valence electrons. The molecule has 1 aromatic carbocycles. The molecule has 0 amide bonds. The highest BCUT2D eigenvalue weighted by molar-refractivity contribution is 5.80. The van der Waals surface area contributed by atoms with Crippen LogP contribution in [-0.4, -0.2) is 66.0 Å². The number of nitrogens with zero attached hydrogens (tertiary/aromatic N) is 6. The molecule has 1 aliphatic rings. The minimum absolute atomic E-state index is 0.610. The molecular weight excluding hydrogens is 318 g/mol. The summed E-state index contributed by atoms with van der Waals surface area (Å²) >= 11 is 0. The molecule has 2 heterocycles. The number of guanidine groups is 1. The molecule has 1 saturated heterocycles. The SMILES string of the molecule is CN=C(NCc1nncn1C)N1CCN(c2cccc(OC)c2)CC1. The summed E-state index contributed by atoms with van der Waals surface area (Å²) in [6.45, 7) is 4.32. The van der Waals surface area contributed by atoms with E-state index in [9.17, 15) is 0 Å². The number of nitrogens with one attached hydrogen (secondary N) is 1. The number of rotatable bonds is 4. The van der Waals surface area contributed by atoms with Gasteiger partial charge in [0.15, 0.2) is 11.8 Å². The van der Waals surface area contributed by atoms with Gasteiger partial charge >= 0.3 is 0 Å². The smallest absolute Gasteiger partial charge is 0.194 e. The van der Waals surface area contributed by atoms with Crippen LogP contribution in [0.3, 0.4) is 0 Å². The van der Waals surface area contributed by atoms with Gasteiger partial charge in [-0.25, -0.2) is 0 Å². The van der Waals surface area contributed by atoms with E-state index in [2.05, 4.69) is 42.4 Å². The van der Waals surface area contributed by atoms with Crippen LogP contribution < -0.4 is 15.0 Å². The van der Waals surface area contributed by atoms with Crippen molar-refractivity contribution in [1.29, 1.82) is 0 Å². The molecule has 0 bridgehead atoms. The summed E-state index contributed by atoms with van der Waals surface area (Å²) in [4.78, 5) is 9.04. The normalized spacial score (nSPS) is 15.4. The zero-order valence-electron chi connectivity index (χ0n) is 15.0. The average molecular weight is 343 g/mol. The van der Waals surface area contributed by atoms with Gasteiger partial charge in [0, 0.05) is 52.0 Å². The van der Waals surface area contributed by atoms with Gasteiger partial charge in [0.25, 0.3) is 0 Å². The average Bonchev–Trinajstić information content (AvgIpc) is 3.08. The molecule has 0 aliphatic carbocycles. The molecule has 1 aliphatic heterocycles. The molecule has 25 heavy (non-hydrogen) atoms. The van der Waals surface area contributed by atoms with Gasteiger partial charge in [0.05, 0.1) is 13.7 Å². The van der Waals surface area contributed by atoms with Crippen molar-refractivity contribution in [2.45, 2.75) is 6.54 Å². The monoisotopic (exact) mass is 343 g/mol. The van der Waals surface area contributed by atoms with Gasteiger partial charge in [0.2, 0.25) is 0 Å². The second kappa shape index (κ2) is 7.87. The highest BCUT2D eigenvalue weighted by Crippen LogP contribution is 2.22. The number of anilines is 1. The molecule has 3 rings (SSSR count). The highest BCUT2D eigenvalue weighted by atomic mass is 16.5. The Morgan fingerprint density at radius 1 is 1.28 bits per heavy atom. The lowest BCUT2D eigenvalue weighted by atomic mass is 10.2. The predicted octanol–water partition coefficient (Wildman–Crippen LogP) is 0.721. The summed E-state index contributed by atoms with van der Waals surface area (Å²) in [5, 5.41) is 11.4. The summed E-state index contributed by atoms with van der Waals surface area (Å²) in [6.07, 6.45) is 1.70. The zero-order valence-corrected chi connectivity index (χ0v) is 15.0. The lowest BCUT2D eigenvalue weighted by Crippen LogP contribution is -2.52. The molecule has 0 saturated carbocycles. The molecule has 1 N–H and O–H groups in total. The van der Waals surface area contributed by atoms with Crippen molar-refractivity contribution in [1.82, 2.24) is 25.0 Å². The maximum Gasteiger partial charge on any atom is 0.194 e. The van der Waals surface area contributed by atoms with Crippen molar-refractivity contribution < 1.29 is 4.74 Å². The van der Waals surface area contributed by atoms with Gasteiger partial charge in [-0.3, -0.25) is 4.99 Å². The number of hydrogen-bond donors (Lipinski definition) is 1. The Balaban J connectivity index is 1.56. The van der Waals surface area contributed by atoms with Crippen molar-refractivity contribution in [2.75, 3.05) is 45.2 Å². The highest BCUT2D eigenvalue weighted by Gasteiger charge is 2.20. The molecular formula is C17H25N7O. The number of aromatic nitrogens is 3. The summed E-state index contributed by atoms with van der Waals surface area (Å²) in [5.41, 5.74) is 1.20. The van der Waals surface area contributed by atoms with E-state index in [0.29, 0.717) is 6.54 Å². The van der Waals surface area contributed by atoms with E-state index in [1.165, 1.54) is 5.69 Å². The Hall–Kier alpha value is -2.77.